The number of anilines is 1. The topological polar surface area (TPSA) is 92.8 Å². The van der Waals surface area contributed by atoms with Crippen molar-refractivity contribution >= 4 is 27.6 Å². The van der Waals surface area contributed by atoms with Crippen molar-refractivity contribution in [2.75, 3.05) is 17.6 Å². The smallest absolute Gasteiger partial charge is 0.338 e. The van der Waals surface area contributed by atoms with E-state index in [0.29, 0.717) is 5.69 Å². The highest BCUT2D eigenvalue weighted by Gasteiger charge is 2.29. The predicted molar refractivity (Wildman–Crippen MR) is 94.8 cm³/mol. The molecule has 1 aromatic rings. The Morgan fingerprint density at radius 3 is 2.24 bits per heavy atom. The third-order valence-corrected chi connectivity index (χ3v) is 4.84. The number of hydrogen-bond donors (Lipinski definition) is 1. The molecule has 1 amide bonds. The number of nitrogens with one attached hydrogen (secondary N) is 1. The van der Waals surface area contributed by atoms with Crippen molar-refractivity contribution in [2.45, 2.75) is 45.2 Å². The molecule has 1 fully saturated rings. The van der Waals surface area contributed by atoms with Gasteiger partial charge in [0.25, 0.3) is 5.91 Å². The number of esters is 1. The molecular weight excluding hydrogens is 344 g/mol. The quantitative estimate of drug-likeness (QED) is 0.803. The van der Waals surface area contributed by atoms with Crippen LogP contribution in [0.1, 0.15) is 43.5 Å². The summed E-state index contributed by atoms with van der Waals surface area (Å²) >= 11 is 0. The lowest BCUT2D eigenvalue weighted by Crippen LogP contribution is -2.49. The largest absolute Gasteiger partial charge is 0.452 e. The number of carbonyl (C=O) groups is 2. The van der Waals surface area contributed by atoms with Gasteiger partial charge < -0.3 is 9.64 Å². The average molecular weight is 368 g/mol. The predicted octanol–water partition coefficient (Wildman–Crippen LogP) is 2.00. The van der Waals surface area contributed by atoms with Gasteiger partial charge in [-0.15, -0.1) is 0 Å². The van der Waals surface area contributed by atoms with Gasteiger partial charge in [-0.3, -0.25) is 9.52 Å². The van der Waals surface area contributed by atoms with E-state index in [1.807, 2.05) is 13.8 Å². The van der Waals surface area contributed by atoms with Crippen LogP contribution in [0.15, 0.2) is 24.3 Å². The summed E-state index contributed by atoms with van der Waals surface area (Å²) in [5.74, 6) is -0.806. The molecule has 138 valence electrons. The zero-order chi connectivity index (χ0) is 18.6. The second kappa shape index (κ2) is 7.86. The fraction of sp³-hybridized carbons (Fsp3) is 0.529. The zero-order valence-electron chi connectivity index (χ0n) is 14.7. The number of hydrogen-bond acceptors (Lipinski definition) is 5. The molecule has 1 aliphatic heterocycles. The van der Waals surface area contributed by atoms with Gasteiger partial charge in [-0.2, -0.15) is 0 Å². The molecular formula is C17H24N2O5S. The molecule has 2 rings (SSSR count). The standard InChI is InChI=1S/C17H24N2O5S/c1-12-5-4-6-13(2)19(12)16(20)11-24-17(21)14-7-9-15(10-8-14)18-25(3,22)23/h7-10,12-13,18H,4-6,11H2,1-3H3/t12-,13-/m0/s1. The molecule has 0 radical (unpaired) electrons. The Labute approximate surface area is 148 Å². The van der Waals surface area contributed by atoms with Crippen LogP contribution in [-0.2, 0) is 19.6 Å². The van der Waals surface area contributed by atoms with E-state index in [2.05, 4.69) is 4.72 Å². The summed E-state index contributed by atoms with van der Waals surface area (Å²) in [6, 6.07) is 6.13. The lowest BCUT2D eigenvalue weighted by Gasteiger charge is -2.38. The maximum atomic E-state index is 12.3. The summed E-state index contributed by atoms with van der Waals surface area (Å²) < 4.78 is 29.7. The molecule has 0 saturated carbocycles. The van der Waals surface area contributed by atoms with Crippen molar-refractivity contribution in [3.8, 4) is 0 Å². The first-order valence-electron chi connectivity index (χ1n) is 8.23. The molecule has 7 nitrogen and oxygen atoms in total. The van der Waals surface area contributed by atoms with Crippen LogP contribution in [0.4, 0.5) is 5.69 Å². The van der Waals surface area contributed by atoms with Crippen LogP contribution in [0.2, 0.25) is 0 Å². The maximum Gasteiger partial charge on any atom is 0.338 e. The van der Waals surface area contributed by atoms with Gasteiger partial charge >= 0.3 is 5.97 Å². The fourth-order valence-electron chi connectivity index (χ4n) is 3.09. The summed E-state index contributed by atoms with van der Waals surface area (Å²) in [5.41, 5.74) is 0.609. The highest BCUT2D eigenvalue weighted by atomic mass is 32.2. The van der Waals surface area contributed by atoms with Crippen molar-refractivity contribution in [3.05, 3.63) is 29.8 Å². The zero-order valence-corrected chi connectivity index (χ0v) is 15.5. The number of ether oxygens (including phenoxy) is 1. The Bertz CT molecular complexity index is 720. The van der Waals surface area contributed by atoms with Crippen molar-refractivity contribution < 1.29 is 22.7 Å². The Kier molecular flexibility index (Phi) is 6.05. The monoisotopic (exact) mass is 368 g/mol. The highest BCUT2D eigenvalue weighted by Crippen LogP contribution is 2.22. The van der Waals surface area contributed by atoms with Crippen molar-refractivity contribution in [3.63, 3.8) is 0 Å². The van der Waals surface area contributed by atoms with Gasteiger partial charge in [0.15, 0.2) is 6.61 Å². The molecule has 1 heterocycles. The third kappa shape index (κ3) is 5.45. The first kappa shape index (κ1) is 19.2. The minimum Gasteiger partial charge on any atom is -0.452 e. The Morgan fingerprint density at radius 2 is 1.72 bits per heavy atom. The number of likely N-dealkylation sites (tertiary alicyclic amines) is 1. The van der Waals surface area contributed by atoms with Gasteiger partial charge in [-0.1, -0.05) is 0 Å². The van der Waals surface area contributed by atoms with Crippen molar-refractivity contribution in [1.82, 2.24) is 4.90 Å². The second-order valence-corrected chi connectivity index (χ2v) is 8.21. The van der Waals surface area contributed by atoms with Crippen LogP contribution in [0.3, 0.4) is 0 Å². The fourth-order valence-corrected chi connectivity index (χ4v) is 3.65. The van der Waals surface area contributed by atoms with E-state index in [4.69, 9.17) is 4.74 Å². The van der Waals surface area contributed by atoms with Crippen LogP contribution in [0, 0.1) is 0 Å². The Balaban J connectivity index is 1.92. The van der Waals surface area contributed by atoms with E-state index in [9.17, 15) is 18.0 Å². The minimum atomic E-state index is -3.37. The Morgan fingerprint density at radius 1 is 1.16 bits per heavy atom. The van der Waals surface area contributed by atoms with Crippen LogP contribution in [0.25, 0.3) is 0 Å². The molecule has 0 aromatic heterocycles. The van der Waals surface area contributed by atoms with E-state index >= 15 is 0 Å². The van der Waals surface area contributed by atoms with Crippen LogP contribution < -0.4 is 4.72 Å². The van der Waals surface area contributed by atoms with Gasteiger partial charge in [0.05, 0.1) is 11.8 Å². The van der Waals surface area contributed by atoms with Crippen LogP contribution >= 0.6 is 0 Å². The number of benzene rings is 1. The summed E-state index contributed by atoms with van der Waals surface area (Å²) in [6.45, 7) is 3.71. The molecule has 25 heavy (non-hydrogen) atoms. The number of amides is 1. The van der Waals surface area contributed by atoms with Crippen molar-refractivity contribution in [2.24, 2.45) is 0 Å². The third-order valence-electron chi connectivity index (χ3n) is 4.23. The first-order valence-corrected chi connectivity index (χ1v) is 10.1. The van der Waals surface area contributed by atoms with Crippen molar-refractivity contribution in [1.29, 1.82) is 0 Å². The lowest BCUT2D eigenvalue weighted by atomic mass is 9.97. The van der Waals surface area contributed by atoms with Gasteiger partial charge in [0.1, 0.15) is 0 Å². The highest BCUT2D eigenvalue weighted by molar-refractivity contribution is 7.92. The molecule has 1 N–H and O–H groups in total. The molecule has 0 spiro atoms. The molecule has 0 bridgehead atoms. The molecule has 0 aliphatic carbocycles. The normalized spacial score (nSPS) is 20.8. The number of piperidine rings is 1. The lowest BCUT2D eigenvalue weighted by molar-refractivity contribution is -0.140. The number of carbonyl (C=O) groups excluding carboxylic acids is 2. The van der Waals surface area contributed by atoms with E-state index in [1.54, 1.807) is 4.90 Å². The molecule has 1 saturated heterocycles. The van der Waals surface area contributed by atoms with E-state index in [1.165, 1.54) is 24.3 Å². The number of nitrogens with zero attached hydrogens (tertiary/aromatic N) is 1. The van der Waals surface area contributed by atoms with Gasteiger partial charge in [0, 0.05) is 17.8 Å². The van der Waals surface area contributed by atoms with Gasteiger partial charge in [-0.25, -0.2) is 13.2 Å². The minimum absolute atomic E-state index is 0.149. The van der Waals surface area contributed by atoms with Crippen LogP contribution in [0.5, 0.6) is 0 Å². The maximum absolute atomic E-state index is 12.3. The SMILES string of the molecule is C[C@H]1CCC[C@H](C)N1C(=O)COC(=O)c1ccc(NS(C)(=O)=O)cc1. The summed E-state index contributed by atoms with van der Waals surface area (Å²) in [6.07, 6.45) is 4.06. The average Bonchev–Trinajstić information content (AvgIpc) is 2.51. The van der Waals surface area contributed by atoms with E-state index in [-0.39, 0.29) is 30.2 Å². The molecule has 1 aromatic carbocycles. The first-order chi connectivity index (χ1) is 11.7. The van der Waals surface area contributed by atoms with Gasteiger partial charge in [-0.05, 0) is 57.4 Å². The molecule has 1 aliphatic rings. The Hall–Kier alpha value is -2.09. The molecule has 8 heteroatoms. The van der Waals surface area contributed by atoms with Gasteiger partial charge in [0.2, 0.25) is 10.0 Å². The molecule has 0 unspecified atom stereocenters. The number of sulfonamides is 1. The summed E-state index contributed by atoms with van der Waals surface area (Å²) in [7, 11) is -3.37. The molecule has 2 atom stereocenters. The van der Waals surface area contributed by atoms with E-state index in [0.717, 1.165) is 25.5 Å². The summed E-state index contributed by atoms with van der Waals surface area (Å²) in [4.78, 5) is 26.2. The van der Waals surface area contributed by atoms with Crippen LogP contribution in [-0.4, -0.2) is 50.1 Å². The second-order valence-electron chi connectivity index (χ2n) is 6.46. The number of rotatable bonds is 5. The van der Waals surface area contributed by atoms with E-state index < -0.39 is 16.0 Å². The summed E-state index contributed by atoms with van der Waals surface area (Å²) in [5, 5.41) is 0.